The number of likely N-dealkylation sites (tertiary alicyclic amines) is 1. The molecule has 1 fully saturated rings. The van der Waals surface area contributed by atoms with E-state index in [9.17, 15) is 22.8 Å². The summed E-state index contributed by atoms with van der Waals surface area (Å²) in [6, 6.07) is 19.4. The van der Waals surface area contributed by atoms with Gasteiger partial charge in [-0.3, -0.25) is 0 Å². The quantitative estimate of drug-likeness (QED) is 0.195. The Morgan fingerprint density at radius 1 is 0.980 bits per heavy atom. The zero-order valence-electron chi connectivity index (χ0n) is 29.1. The zero-order valence-corrected chi connectivity index (χ0v) is 29.1. The number of nitrogens with zero attached hydrogens (tertiary/aromatic N) is 3. The predicted molar refractivity (Wildman–Crippen MR) is 186 cm³/mol. The van der Waals surface area contributed by atoms with Crippen molar-refractivity contribution >= 4 is 17.7 Å². The van der Waals surface area contributed by atoms with Gasteiger partial charge in [-0.05, 0) is 118 Å². The fraction of sp³-hybridized carbons (Fsp3) is 0.410. The summed E-state index contributed by atoms with van der Waals surface area (Å²) in [5.41, 5.74) is 5.27. The van der Waals surface area contributed by atoms with Crippen LogP contribution in [0.2, 0.25) is 0 Å². The molecule has 1 saturated heterocycles. The lowest BCUT2D eigenvalue weighted by atomic mass is 9.88. The van der Waals surface area contributed by atoms with E-state index in [0.29, 0.717) is 19.0 Å². The molecule has 1 aliphatic carbocycles. The van der Waals surface area contributed by atoms with Crippen molar-refractivity contribution in [3.63, 3.8) is 0 Å². The Labute approximate surface area is 290 Å². The number of anilines is 1. The molecule has 2 aliphatic rings. The van der Waals surface area contributed by atoms with Crippen molar-refractivity contribution in [3.8, 4) is 16.8 Å². The lowest BCUT2D eigenvalue weighted by Gasteiger charge is -2.33. The number of hydrogen-bond donors (Lipinski definition) is 1. The van der Waals surface area contributed by atoms with Crippen molar-refractivity contribution in [2.45, 2.75) is 84.0 Å². The highest BCUT2D eigenvalue weighted by Gasteiger charge is 2.41. The number of carbonyl (C=O) groups is 2. The third kappa shape index (κ3) is 7.37. The Morgan fingerprint density at radius 2 is 1.72 bits per heavy atom. The number of halogens is 3. The number of amides is 1. The van der Waals surface area contributed by atoms with Gasteiger partial charge in [-0.25, -0.2) is 14.3 Å². The highest BCUT2D eigenvalue weighted by molar-refractivity contribution is 5.91. The van der Waals surface area contributed by atoms with Gasteiger partial charge >= 0.3 is 18.2 Å². The normalized spacial score (nSPS) is 16.6. The molecule has 264 valence electrons. The molecule has 1 atom stereocenters. The Bertz CT molecular complexity index is 1890. The summed E-state index contributed by atoms with van der Waals surface area (Å²) >= 11 is 0. The van der Waals surface area contributed by atoms with Crippen molar-refractivity contribution in [2.24, 2.45) is 0 Å². The van der Waals surface area contributed by atoms with Gasteiger partial charge in [0.15, 0.2) is 5.69 Å². The van der Waals surface area contributed by atoms with E-state index in [1.165, 1.54) is 18.1 Å². The maximum Gasteiger partial charge on any atom is 0.434 e. The standard InChI is InChI=1S/C39H43F3N4O4/c1-6-49-36(47)31-23-43-46(35(31)39(40,41)42)29-11-7-10-28(22-29)30-12-8-9-26-13-16-33(34(26)30)44-32-15-14-27(21-24(32)2)25-17-19-45(20-18-25)37(48)50-38(3,4)5/h7-12,14-15,21-23,25,33,44H,6,13,16-20H2,1-5H3. The number of benzene rings is 3. The Balaban J connectivity index is 1.22. The zero-order chi connectivity index (χ0) is 35.8. The summed E-state index contributed by atoms with van der Waals surface area (Å²) in [6.07, 6.45) is -0.694. The first-order valence-electron chi connectivity index (χ1n) is 17.1. The lowest BCUT2D eigenvalue weighted by Crippen LogP contribution is -2.41. The van der Waals surface area contributed by atoms with Gasteiger partial charge in [0.1, 0.15) is 11.2 Å². The SMILES string of the molecule is CCOC(=O)c1cnn(-c2cccc(-c3cccc4c3C(Nc3ccc(C5CCN(C(=O)OC(C)(C)C)CC5)cc3C)CC4)c2)c1C(F)(F)F. The number of aromatic nitrogens is 2. The molecule has 1 aliphatic heterocycles. The molecule has 1 unspecified atom stereocenters. The van der Waals surface area contributed by atoms with Crippen molar-refractivity contribution in [3.05, 3.63) is 100 Å². The number of rotatable bonds is 7. The van der Waals surface area contributed by atoms with E-state index in [1.807, 2.05) is 39.0 Å². The molecule has 0 bridgehead atoms. The maximum atomic E-state index is 14.3. The second-order valence-corrected chi connectivity index (χ2v) is 14.0. The second kappa shape index (κ2) is 13.8. The summed E-state index contributed by atoms with van der Waals surface area (Å²) in [5.74, 6) is -0.711. The third-order valence-electron chi connectivity index (χ3n) is 9.38. The van der Waals surface area contributed by atoms with Gasteiger partial charge in [0.25, 0.3) is 0 Å². The van der Waals surface area contributed by atoms with Gasteiger partial charge in [0.2, 0.25) is 0 Å². The fourth-order valence-electron chi connectivity index (χ4n) is 7.08. The minimum Gasteiger partial charge on any atom is -0.462 e. The van der Waals surface area contributed by atoms with Crippen LogP contribution in [0.5, 0.6) is 0 Å². The Morgan fingerprint density at radius 3 is 2.40 bits per heavy atom. The summed E-state index contributed by atoms with van der Waals surface area (Å²) in [6.45, 7) is 10.5. The van der Waals surface area contributed by atoms with Crippen LogP contribution in [0.4, 0.5) is 23.7 Å². The van der Waals surface area contributed by atoms with Gasteiger partial charge < -0.3 is 19.7 Å². The first-order valence-corrected chi connectivity index (χ1v) is 17.1. The third-order valence-corrected chi connectivity index (χ3v) is 9.38. The molecule has 0 spiro atoms. The average Bonchev–Trinajstić information content (AvgIpc) is 3.71. The Hall–Kier alpha value is -4.80. The molecule has 6 rings (SSSR count). The molecule has 3 aromatic carbocycles. The topological polar surface area (TPSA) is 85.7 Å². The monoisotopic (exact) mass is 688 g/mol. The van der Waals surface area contributed by atoms with Gasteiger partial charge in [0, 0.05) is 18.8 Å². The minimum absolute atomic E-state index is 0.00247. The predicted octanol–water partition coefficient (Wildman–Crippen LogP) is 9.26. The maximum absolute atomic E-state index is 14.3. The number of ether oxygens (including phenoxy) is 2. The van der Waals surface area contributed by atoms with Gasteiger partial charge in [0.05, 0.1) is 24.5 Å². The molecule has 50 heavy (non-hydrogen) atoms. The summed E-state index contributed by atoms with van der Waals surface area (Å²) in [5, 5.41) is 7.73. The highest BCUT2D eigenvalue weighted by Crippen LogP contribution is 2.42. The van der Waals surface area contributed by atoms with Crippen LogP contribution in [-0.4, -0.2) is 52.0 Å². The van der Waals surface area contributed by atoms with E-state index >= 15 is 0 Å². The molecular weight excluding hydrogens is 645 g/mol. The van der Waals surface area contributed by atoms with Crippen LogP contribution >= 0.6 is 0 Å². The van der Waals surface area contributed by atoms with Crippen LogP contribution < -0.4 is 5.32 Å². The lowest BCUT2D eigenvalue weighted by molar-refractivity contribution is -0.143. The largest absolute Gasteiger partial charge is 0.462 e. The first-order chi connectivity index (χ1) is 23.7. The van der Waals surface area contributed by atoms with E-state index in [2.05, 4.69) is 41.6 Å². The average molecular weight is 689 g/mol. The molecule has 8 nitrogen and oxygen atoms in total. The number of piperidine rings is 1. The van der Waals surface area contributed by atoms with E-state index < -0.39 is 29.0 Å². The van der Waals surface area contributed by atoms with Crippen LogP contribution in [0.3, 0.4) is 0 Å². The summed E-state index contributed by atoms with van der Waals surface area (Å²) < 4.78 is 53.9. The summed E-state index contributed by atoms with van der Waals surface area (Å²) in [7, 11) is 0. The van der Waals surface area contributed by atoms with Gasteiger partial charge in [-0.15, -0.1) is 0 Å². The van der Waals surface area contributed by atoms with E-state index in [0.717, 1.165) is 64.5 Å². The van der Waals surface area contributed by atoms with E-state index in [-0.39, 0.29) is 24.4 Å². The highest BCUT2D eigenvalue weighted by atomic mass is 19.4. The van der Waals surface area contributed by atoms with Crippen molar-refractivity contribution < 1.29 is 32.2 Å². The number of carbonyl (C=O) groups excluding carboxylic acids is 2. The molecule has 0 radical (unpaired) electrons. The van der Waals surface area contributed by atoms with Crippen LogP contribution in [0, 0.1) is 6.92 Å². The molecule has 1 N–H and O–H groups in total. The number of alkyl halides is 3. The van der Waals surface area contributed by atoms with Gasteiger partial charge in [-0.2, -0.15) is 18.3 Å². The van der Waals surface area contributed by atoms with Crippen molar-refractivity contribution in [1.82, 2.24) is 14.7 Å². The van der Waals surface area contributed by atoms with Crippen LogP contribution in [0.25, 0.3) is 16.8 Å². The number of fused-ring (bicyclic) bond motifs is 1. The number of esters is 1. The second-order valence-electron chi connectivity index (χ2n) is 14.0. The van der Waals surface area contributed by atoms with E-state index in [1.54, 1.807) is 23.1 Å². The van der Waals surface area contributed by atoms with Gasteiger partial charge in [-0.1, -0.05) is 42.5 Å². The molecule has 11 heteroatoms. The first kappa shape index (κ1) is 35.0. The molecule has 1 amide bonds. The smallest absolute Gasteiger partial charge is 0.434 e. The molecule has 0 saturated carbocycles. The molecule has 2 heterocycles. The van der Waals surface area contributed by atoms with Crippen LogP contribution in [0.1, 0.15) is 97.2 Å². The van der Waals surface area contributed by atoms with Crippen molar-refractivity contribution in [2.75, 3.05) is 25.0 Å². The number of nitrogens with one attached hydrogen (secondary N) is 1. The number of hydrogen-bond acceptors (Lipinski definition) is 6. The minimum atomic E-state index is -4.83. The molecule has 1 aromatic heterocycles. The van der Waals surface area contributed by atoms with Crippen molar-refractivity contribution in [1.29, 1.82) is 0 Å². The molecule has 4 aromatic rings. The van der Waals surface area contributed by atoms with Crippen LogP contribution in [0.15, 0.2) is 66.9 Å². The van der Waals surface area contributed by atoms with Crippen LogP contribution in [-0.2, 0) is 22.1 Å². The summed E-state index contributed by atoms with van der Waals surface area (Å²) in [4.78, 5) is 26.7. The van der Waals surface area contributed by atoms with E-state index in [4.69, 9.17) is 9.47 Å². The fourth-order valence-corrected chi connectivity index (χ4v) is 7.08. The number of aryl methyl sites for hydroxylation is 2. The molecular formula is C39H43F3N4O4. The Kier molecular flexibility index (Phi) is 9.70.